The molecule has 1 aromatic rings. The number of rotatable bonds is 2. The van der Waals surface area contributed by atoms with E-state index in [9.17, 15) is 4.79 Å². The third-order valence-electron chi connectivity index (χ3n) is 3.20. The fourth-order valence-corrected chi connectivity index (χ4v) is 1.86. The molecule has 2 atom stereocenters. The maximum Gasteiger partial charge on any atom is 0.227 e. The van der Waals surface area contributed by atoms with Gasteiger partial charge in [0.2, 0.25) is 5.91 Å². The van der Waals surface area contributed by atoms with E-state index >= 15 is 0 Å². The number of hydrogen-bond acceptors (Lipinski definition) is 2. The molecule has 4 heteroatoms. The maximum atomic E-state index is 11.8. The van der Waals surface area contributed by atoms with Crippen LogP contribution in [0.15, 0.2) is 0 Å². The second kappa shape index (κ2) is 3.36. The second-order valence-electron chi connectivity index (χ2n) is 4.48. The van der Waals surface area contributed by atoms with Crippen molar-refractivity contribution in [1.29, 1.82) is 0 Å². The number of carbonyl (C=O) groups excluding carboxylic acids is 1. The lowest BCUT2D eigenvalue weighted by molar-refractivity contribution is -0.117. The van der Waals surface area contributed by atoms with Crippen LogP contribution in [0.3, 0.4) is 0 Å². The normalized spacial score (nSPS) is 24.0. The van der Waals surface area contributed by atoms with Gasteiger partial charge in [-0.05, 0) is 26.2 Å². The molecule has 0 spiro atoms. The van der Waals surface area contributed by atoms with Crippen molar-refractivity contribution in [2.24, 2.45) is 18.9 Å². The zero-order valence-corrected chi connectivity index (χ0v) is 9.66. The van der Waals surface area contributed by atoms with Crippen molar-refractivity contribution in [2.75, 3.05) is 5.32 Å². The predicted octanol–water partition coefficient (Wildman–Crippen LogP) is 1.63. The van der Waals surface area contributed by atoms with Crippen LogP contribution in [0.25, 0.3) is 0 Å². The van der Waals surface area contributed by atoms with Gasteiger partial charge in [0.15, 0.2) is 0 Å². The summed E-state index contributed by atoms with van der Waals surface area (Å²) in [6.45, 7) is 5.98. The topological polar surface area (TPSA) is 46.9 Å². The van der Waals surface area contributed by atoms with Crippen molar-refractivity contribution >= 4 is 11.6 Å². The van der Waals surface area contributed by atoms with Crippen molar-refractivity contribution in [3.05, 3.63) is 11.4 Å². The average Bonchev–Trinajstić information content (AvgIpc) is 2.84. The van der Waals surface area contributed by atoms with Crippen molar-refractivity contribution < 1.29 is 4.79 Å². The molecule has 2 rings (SSSR count). The van der Waals surface area contributed by atoms with Crippen LogP contribution in [-0.2, 0) is 11.8 Å². The van der Waals surface area contributed by atoms with Crippen molar-refractivity contribution in [2.45, 2.75) is 27.2 Å². The standard InChI is InChI=1S/C11H17N3O/c1-6-5-9(6)11(15)12-10-7(2)13-14(4)8(10)3/h6,9H,5H2,1-4H3,(H,12,15). The summed E-state index contributed by atoms with van der Waals surface area (Å²) in [4.78, 5) is 11.8. The SMILES string of the molecule is Cc1nn(C)c(C)c1NC(=O)C1CC1C. The van der Waals surface area contributed by atoms with E-state index in [4.69, 9.17) is 0 Å². The number of anilines is 1. The molecule has 1 aromatic heterocycles. The number of nitrogens with zero attached hydrogens (tertiary/aromatic N) is 2. The smallest absolute Gasteiger partial charge is 0.227 e. The molecular formula is C11H17N3O. The van der Waals surface area contributed by atoms with Gasteiger partial charge in [-0.3, -0.25) is 9.48 Å². The molecule has 2 unspecified atom stereocenters. The van der Waals surface area contributed by atoms with E-state index in [2.05, 4.69) is 17.3 Å². The zero-order chi connectivity index (χ0) is 11.2. The summed E-state index contributed by atoms with van der Waals surface area (Å²) in [6, 6.07) is 0. The molecule has 4 nitrogen and oxygen atoms in total. The lowest BCUT2D eigenvalue weighted by Crippen LogP contribution is -2.15. The first kappa shape index (κ1) is 10.2. The monoisotopic (exact) mass is 207 g/mol. The first-order valence-corrected chi connectivity index (χ1v) is 5.31. The summed E-state index contributed by atoms with van der Waals surface area (Å²) in [5, 5.41) is 7.23. The van der Waals surface area contributed by atoms with E-state index in [1.165, 1.54) is 0 Å². The summed E-state index contributed by atoms with van der Waals surface area (Å²) in [7, 11) is 1.89. The molecule has 1 aliphatic carbocycles. The number of aromatic nitrogens is 2. The summed E-state index contributed by atoms with van der Waals surface area (Å²) < 4.78 is 1.79. The van der Waals surface area contributed by atoms with E-state index in [0.717, 1.165) is 23.5 Å². The van der Waals surface area contributed by atoms with E-state index < -0.39 is 0 Å². The van der Waals surface area contributed by atoms with Gasteiger partial charge in [0.25, 0.3) is 0 Å². The molecular weight excluding hydrogens is 190 g/mol. The Morgan fingerprint density at radius 3 is 2.53 bits per heavy atom. The molecule has 1 aliphatic rings. The lowest BCUT2D eigenvalue weighted by Gasteiger charge is -2.04. The van der Waals surface area contributed by atoms with E-state index in [0.29, 0.717) is 5.92 Å². The van der Waals surface area contributed by atoms with Crippen LogP contribution >= 0.6 is 0 Å². The molecule has 0 aromatic carbocycles. The number of amides is 1. The van der Waals surface area contributed by atoms with Crippen LogP contribution in [-0.4, -0.2) is 15.7 Å². The summed E-state index contributed by atoms with van der Waals surface area (Å²) in [5.41, 5.74) is 2.77. The van der Waals surface area contributed by atoms with Gasteiger partial charge >= 0.3 is 0 Å². The van der Waals surface area contributed by atoms with E-state index in [1.54, 1.807) is 4.68 Å². The van der Waals surface area contributed by atoms with Gasteiger partial charge in [0, 0.05) is 13.0 Å². The molecule has 1 N–H and O–H groups in total. The molecule has 1 amide bonds. The predicted molar refractivity (Wildman–Crippen MR) is 58.6 cm³/mol. The zero-order valence-electron chi connectivity index (χ0n) is 9.66. The fraction of sp³-hybridized carbons (Fsp3) is 0.636. The molecule has 82 valence electrons. The Balaban J connectivity index is 2.13. The molecule has 15 heavy (non-hydrogen) atoms. The Morgan fingerprint density at radius 2 is 2.13 bits per heavy atom. The molecule has 0 radical (unpaired) electrons. The van der Waals surface area contributed by atoms with Gasteiger partial charge in [0.1, 0.15) is 0 Å². The Bertz CT molecular complexity index is 408. The maximum absolute atomic E-state index is 11.8. The Kier molecular flexibility index (Phi) is 2.29. The Labute approximate surface area is 89.7 Å². The number of hydrogen-bond donors (Lipinski definition) is 1. The quantitative estimate of drug-likeness (QED) is 0.801. The average molecular weight is 207 g/mol. The molecule has 0 saturated heterocycles. The van der Waals surface area contributed by atoms with Gasteiger partial charge in [-0.15, -0.1) is 0 Å². The van der Waals surface area contributed by atoms with Crippen LogP contribution < -0.4 is 5.32 Å². The van der Waals surface area contributed by atoms with Gasteiger partial charge < -0.3 is 5.32 Å². The van der Waals surface area contributed by atoms with Crippen LogP contribution in [0.4, 0.5) is 5.69 Å². The summed E-state index contributed by atoms with van der Waals surface area (Å²) in [6.07, 6.45) is 1.02. The highest BCUT2D eigenvalue weighted by molar-refractivity contribution is 5.95. The Hall–Kier alpha value is -1.32. The summed E-state index contributed by atoms with van der Waals surface area (Å²) in [5.74, 6) is 0.896. The van der Waals surface area contributed by atoms with Crippen LogP contribution in [0.5, 0.6) is 0 Å². The van der Waals surface area contributed by atoms with Crippen LogP contribution in [0, 0.1) is 25.7 Å². The second-order valence-corrected chi connectivity index (χ2v) is 4.48. The molecule has 0 bridgehead atoms. The lowest BCUT2D eigenvalue weighted by atomic mass is 10.2. The molecule has 0 aliphatic heterocycles. The van der Waals surface area contributed by atoms with Gasteiger partial charge in [0.05, 0.1) is 17.1 Å². The molecule has 1 saturated carbocycles. The highest BCUT2D eigenvalue weighted by Gasteiger charge is 2.39. The first-order chi connectivity index (χ1) is 7.00. The number of carbonyl (C=O) groups is 1. The molecule has 1 heterocycles. The number of nitrogens with one attached hydrogen (secondary N) is 1. The van der Waals surface area contributed by atoms with E-state index in [-0.39, 0.29) is 11.8 Å². The van der Waals surface area contributed by atoms with Gasteiger partial charge in [-0.1, -0.05) is 6.92 Å². The third-order valence-corrected chi connectivity index (χ3v) is 3.20. The minimum Gasteiger partial charge on any atom is -0.323 e. The largest absolute Gasteiger partial charge is 0.323 e. The molecule has 1 fully saturated rings. The highest BCUT2D eigenvalue weighted by atomic mass is 16.2. The minimum atomic E-state index is 0.140. The van der Waals surface area contributed by atoms with Gasteiger partial charge in [-0.25, -0.2) is 0 Å². The van der Waals surface area contributed by atoms with Crippen molar-refractivity contribution in [3.8, 4) is 0 Å². The third kappa shape index (κ3) is 1.76. The van der Waals surface area contributed by atoms with Crippen molar-refractivity contribution in [1.82, 2.24) is 9.78 Å². The first-order valence-electron chi connectivity index (χ1n) is 5.31. The highest BCUT2D eigenvalue weighted by Crippen LogP contribution is 2.38. The van der Waals surface area contributed by atoms with Gasteiger partial charge in [-0.2, -0.15) is 5.10 Å². The Morgan fingerprint density at radius 1 is 1.53 bits per heavy atom. The fourth-order valence-electron chi connectivity index (χ4n) is 1.86. The number of aryl methyl sites for hydroxylation is 2. The summed E-state index contributed by atoms with van der Waals surface area (Å²) >= 11 is 0. The van der Waals surface area contributed by atoms with Crippen LogP contribution in [0.2, 0.25) is 0 Å². The van der Waals surface area contributed by atoms with E-state index in [1.807, 2.05) is 20.9 Å². The van der Waals surface area contributed by atoms with Crippen molar-refractivity contribution in [3.63, 3.8) is 0 Å². The minimum absolute atomic E-state index is 0.140. The van der Waals surface area contributed by atoms with Crippen LogP contribution in [0.1, 0.15) is 24.7 Å².